The first-order valence-electron chi connectivity index (χ1n) is 8.05. The van der Waals surface area contributed by atoms with Crippen LogP contribution in [0.15, 0.2) is 0 Å². The molecule has 0 bridgehead atoms. The van der Waals surface area contributed by atoms with Gasteiger partial charge < -0.3 is 50.0 Å². The molecule has 0 amide bonds. The van der Waals surface area contributed by atoms with Crippen molar-refractivity contribution in [1.82, 2.24) is 0 Å². The van der Waals surface area contributed by atoms with E-state index in [0.29, 0.717) is 5.75 Å². The van der Waals surface area contributed by atoms with E-state index >= 15 is 0 Å². The van der Waals surface area contributed by atoms with Crippen molar-refractivity contribution in [2.24, 2.45) is 0 Å². The van der Waals surface area contributed by atoms with Gasteiger partial charge in [0.05, 0.1) is 13.2 Å². The van der Waals surface area contributed by atoms with Gasteiger partial charge in [-0.2, -0.15) is 0 Å². The van der Waals surface area contributed by atoms with Crippen LogP contribution in [0.4, 0.5) is 0 Å². The highest BCUT2D eigenvalue weighted by atomic mass is 32.2. The van der Waals surface area contributed by atoms with Crippen LogP contribution >= 0.6 is 11.8 Å². The maximum Gasteiger partial charge on any atom is 0.187 e. The van der Waals surface area contributed by atoms with E-state index in [4.69, 9.17) is 14.2 Å². The lowest BCUT2D eigenvalue weighted by atomic mass is 9.97. The number of aliphatic hydroxyl groups excluding tert-OH is 7. The van der Waals surface area contributed by atoms with Crippen molar-refractivity contribution < 1.29 is 50.0 Å². The molecule has 2 aliphatic rings. The molecule has 25 heavy (non-hydrogen) atoms. The van der Waals surface area contributed by atoms with Crippen LogP contribution in [-0.4, -0.2) is 115 Å². The summed E-state index contributed by atoms with van der Waals surface area (Å²) in [5.41, 5.74) is -0.758. The molecule has 10 atom stereocenters. The van der Waals surface area contributed by atoms with E-state index in [1.807, 2.05) is 6.92 Å². The minimum Gasteiger partial charge on any atom is -0.394 e. The van der Waals surface area contributed by atoms with Crippen LogP contribution in [-0.2, 0) is 14.2 Å². The van der Waals surface area contributed by atoms with E-state index in [0.717, 1.165) is 0 Å². The van der Waals surface area contributed by atoms with E-state index in [1.165, 1.54) is 11.8 Å². The molecule has 2 fully saturated rings. The third-order valence-corrected chi connectivity index (χ3v) is 5.34. The summed E-state index contributed by atoms with van der Waals surface area (Å²) in [5, 5.41) is 68.7. The fourth-order valence-corrected chi connectivity index (χ4v) is 3.77. The Labute approximate surface area is 148 Å². The number of hydrogen-bond donors (Lipinski definition) is 7. The largest absolute Gasteiger partial charge is 0.394 e. The van der Waals surface area contributed by atoms with Crippen molar-refractivity contribution in [3.8, 4) is 0 Å². The summed E-state index contributed by atoms with van der Waals surface area (Å²) in [6.07, 6.45) is -12.5. The average molecular weight is 386 g/mol. The van der Waals surface area contributed by atoms with E-state index < -0.39 is 73.8 Å². The van der Waals surface area contributed by atoms with E-state index in [9.17, 15) is 35.7 Å². The molecule has 0 spiro atoms. The minimum atomic E-state index is -1.66. The van der Waals surface area contributed by atoms with Gasteiger partial charge >= 0.3 is 0 Å². The Balaban J connectivity index is 2.11. The number of thioether (sulfide) groups is 1. The van der Waals surface area contributed by atoms with Crippen LogP contribution < -0.4 is 0 Å². The Bertz CT molecular complexity index is 411. The fraction of sp³-hybridized carbons (Fsp3) is 1.00. The molecular formula is C14H26O10S. The van der Waals surface area contributed by atoms with Gasteiger partial charge in [-0.1, -0.05) is 6.92 Å². The molecule has 0 aromatic heterocycles. The van der Waals surface area contributed by atoms with Crippen molar-refractivity contribution in [3.05, 3.63) is 0 Å². The van der Waals surface area contributed by atoms with Crippen molar-refractivity contribution in [2.75, 3.05) is 19.0 Å². The predicted octanol–water partition coefficient (Wildman–Crippen LogP) is -3.64. The van der Waals surface area contributed by atoms with Gasteiger partial charge in [0, 0.05) is 0 Å². The Kier molecular flexibility index (Phi) is 7.85. The van der Waals surface area contributed by atoms with Crippen molar-refractivity contribution in [3.63, 3.8) is 0 Å². The third-order valence-electron chi connectivity index (χ3n) is 4.29. The Morgan fingerprint density at radius 2 is 1.44 bits per heavy atom. The topological polar surface area (TPSA) is 169 Å². The summed E-state index contributed by atoms with van der Waals surface area (Å²) >= 11 is 1.25. The zero-order chi connectivity index (χ0) is 18.7. The molecule has 0 saturated carbocycles. The molecule has 7 N–H and O–H groups in total. The molecule has 0 radical (unpaired) electrons. The van der Waals surface area contributed by atoms with Gasteiger partial charge in [-0.25, -0.2) is 0 Å². The number of hydrogen-bond acceptors (Lipinski definition) is 11. The van der Waals surface area contributed by atoms with Crippen LogP contribution in [0.5, 0.6) is 0 Å². The van der Waals surface area contributed by atoms with Gasteiger partial charge in [0.1, 0.15) is 54.3 Å². The van der Waals surface area contributed by atoms with Crippen LogP contribution in [0, 0.1) is 0 Å². The molecule has 0 aromatic rings. The van der Waals surface area contributed by atoms with Crippen LogP contribution in [0.2, 0.25) is 0 Å². The summed E-state index contributed by atoms with van der Waals surface area (Å²) in [5.74, 6) is 0.616. The Morgan fingerprint density at radius 3 is 2.00 bits per heavy atom. The van der Waals surface area contributed by atoms with Gasteiger partial charge in [-0.15, -0.1) is 11.8 Å². The predicted molar refractivity (Wildman–Crippen MR) is 84.5 cm³/mol. The number of ether oxygens (including phenoxy) is 3. The molecule has 2 saturated heterocycles. The third kappa shape index (κ3) is 4.45. The highest BCUT2D eigenvalue weighted by Crippen LogP contribution is 2.32. The second kappa shape index (κ2) is 9.24. The molecule has 2 heterocycles. The molecule has 2 rings (SSSR count). The van der Waals surface area contributed by atoms with Crippen LogP contribution in [0.1, 0.15) is 6.92 Å². The van der Waals surface area contributed by atoms with Gasteiger partial charge in [0.25, 0.3) is 0 Å². The first-order chi connectivity index (χ1) is 11.8. The van der Waals surface area contributed by atoms with Crippen molar-refractivity contribution in [1.29, 1.82) is 0 Å². The van der Waals surface area contributed by atoms with Gasteiger partial charge in [-0.3, -0.25) is 0 Å². The van der Waals surface area contributed by atoms with Gasteiger partial charge in [-0.05, 0) is 5.75 Å². The summed E-state index contributed by atoms with van der Waals surface area (Å²) in [7, 11) is 0. The lowest BCUT2D eigenvalue weighted by Crippen LogP contribution is -2.64. The van der Waals surface area contributed by atoms with Crippen molar-refractivity contribution in [2.45, 2.75) is 67.5 Å². The molecule has 10 unspecified atom stereocenters. The Hall–Kier alpha value is -0.0500. The van der Waals surface area contributed by atoms with E-state index in [1.54, 1.807) is 0 Å². The lowest BCUT2D eigenvalue weighted by molar-refractivity contribution is -0.338. The lowest BCUT2D eigenvalue weighted by Gasteiger charge is -2.46. The SMILES string of the molecule is CCSC1OC(CO)C(OC2OC(CO)C(O)C(O)C2O)C(O)C1O. The second-order valence-corrected chi connectivity index (χ2v) is 7.34. The maximum absolute atomic E-state index is 10.3. The monoisotopic (exact) mass is 386 g/mol. The summed E-state index contributed by atoms with van der Waals surface area (Å²) < 4.78 is 16.2. The molecular weight excluding hydrogens is 360 g/mol. The zero-order valence-corrected chi connectivity index (χ0v) is 14.5. The standard InChI is InChI=1S/C14H26O10S/c1-2-25-14-11(21)9(19)12(6(4-16)23-14)24-13-10(20)8(18)7(17)5(3-15)22-13/h5-21H,2-4H2,1H3. The molecule has 0 aliphatic carbocycles. The first-order valence-corrected chi connectivity index (χ1v) is 9.10. The smallest absolute Gasteiger partial charge is 0.187 e. The zero-order valence-electron chi connectivity index (χ0n) is 13.7. The van der Waals surface area contributed by atoms with Crippen molar-refractivity contribution >= 4 is 11.8 Å². The summed E-state index contributed by atoms with van der Waals surface area (Å²) in [4.78, 5) is 0. The molecule has 10 nitrogen and oxygen atoms in total. The molecule has 148 valence electrons. The van der Waals surface area contributed by atoms with E-state index in [-0.39, 0.29) is 0 Å². The van der Waals surface area contributed by atoms with Gasteiger partial charge in [0.2, 0.25) is 0 Å². The van der Waals surface area contributed by atoms with Crippen LogP contribution in [0.3, 0.4) is 0 Å². The fourth-order valence-electron chi connectivity index (χ4n) is 2.86. The first kappa shape index (κ1) is 21.3. The molecule has 2 aliphatic heterocycles. The minimum absolute atomic E-state index is 0.521. The van der Waals surface area contributed by atoms with E-state index in [2.05, 4.69) is 0 Å². The normalized spacial score (nSPS) is 48.5. The molecule has 0 aromatic carbocycles. The number of rotatable bonds is 6. The quantitative estimate of drug-likeness (QED) is 0.240. The highest BCUT2D eigenvalue weighted by Gasteiger charge is 2.50. The van der Waals surface area contributed by atoms with Crippen LogP contribution in [0.25, 0.3) is 0 Å². The maximum atomic E-state index is 10.3. The van der Waals surface area contributed by atoms with Gasteiger partial charge in [0.15, 0.2) is 6.29 Å². The average Bonchev–Trinajstić information content (AvgIpc) is 2.61. The number of aliphatic hydroxyl groups is 7. The Morgan fingerprint density at radius 1 is 0.800 bits per heavy atom. The second-order valence-electron chi connectivity index (χ2n) is 5.96. The highest BCUT2D eigenvalue weighted by molar-refractivity contribution is 7.99. The molecule has 11 heteroatoms. The summed E-state index contributed by atoms with van der Waals surface area (Å²) in [6.45, 7) is 0.695. The summed E-state index contributed by atoms with van der Waals surface area (Å²) in [6, 6.07) is 0.